The molecular formula is C26H28BF2N3O5. The van der Waals surface area contributed by atoms with E-state index in [9.17, 15) is 28.0 Å². The number of carbonyl (C=O) groups is 4. The molecule has 3 rings (SSSR count). The van der Waals surface area contributed by atoms with E-state index in [-0.39, 0.29) is 37.1 Å². The Bertz CT molecular complexity index is 1220. The number of benzene rings is 2. The van der Waals surface area contributed by atoms with Crippen LogP contribution in [0.25, 0.3) is 0 Å². The molecule has 0 saturated carbocycles. The summed E-state index contributed by atoms with van der Waals surface area (Å²) in [6, 6.07) is 8.96. The number of halogens is 2. The van der Waals surface area contributed by atoms with Crippen LogP contribution in [0.4, 0.5) is 13.6 Å². The van der Waals surface area contributed by atoms with E-state index in [1.165, 1.54) is 25.1 Å². The lowest BCUT2D eigenvalue weighted by Gasteiger charge is -2.20. The van der Waals surface area contributed by atoms with E-state index in [0.717, 1.165) is 0 Å². The highest BCUT2D eigenvalue weighted by Gasteiger charge is 2.42. The summed E-state index contributed by atoms with van der Waals surface area (Å²) in [5.74, 6) is -6.40. The highest BCUT2D eigenvalue weighted by molar-refractivity contribution is 6.58. The van der Waals surface area contributed by atoms with Crippen LogP contribution in [0.5, 0.6) is 5.75 Å². The zero-order valence-corrected chi connectivity index (χ0v) is 20.9. The SMILES string of the molecule is [B]C(=O)NC(=O)CCCN1Cc2cc(CNC(=O)C(F)(F)c3ccc(OC(C)C)cc3C)ccc2C1=O. The quantitative estimate of drug-likeness (QED) is 0.477. The Hall–Kier alpha value is -3.76. The molecular weight excluding hydrogens is 483 g/mol. The largest absolute Gasteiger partial charge is 0.491 e. The van der Waals surface area contributed by atoms with E-state index in [2.05, 4.69) is 5.32 Å². The Morgan fingerprint density at radius 3 is 2.54 bits per heavy atom. The van der Waals surface area contributed by atoms with Crippen LogP contribution in [0.1, 0.15) is 59.3 Å². The molecule has 0 bridgehead atoms. The molecule has 1 heterocycles. The topological polar surface area (TPSA) is 105 Å². The summed E-state index contributed by atoms with van der Waals surface area (Å²) < 4.78 is 35.4. The van der Waals surface area contributed by atoms with Crippen LogP contribution < -0.4 is 15.4 Å². The first-order valence-electron chi connectivity index (χ1n) is 11.8. The molecule has 0 unspecified atom stereocenters. The maximum Gasteiger partial charge on any atom is 0.350 e. The standard InChI is InChI=1S/C26H28BF2N3O5/c1-15(2)37-19-7-9-21(16(3)11-19)26(28,29)24(35)30-13-17-6-8-20-18(12-17)14-32(23(20)34)10-4-5-22(33)31-25(27)36/h6-9,11-12,15H,4-5,10,13-14H2,1-3H3,(H,30,35)(H,31,33,36). The fourth-order valence-electron chi connectivity index (χ4n) is 4.10. The molecule has 2 radical (unpaired) electrons. The molecule has 0 aliphatic carbocycles. The van der Waals surface area contributed by atoms with Crippen LogP contribution in [-0.2, 0) is 28.6 Å². The van der Waals surface area contributed by atoms with Crippen LogP contribution in [0, 0.1) is 6.92 Å². The van der Waals surface area contributed by atoms with Gasteiger partial charge in [0.1, 0.15) is 5.75 Å². The number of nitrogens with zero attached hydrogens (tertiary/aromatic N) is 1. The Labute approximate surface area is 215 Å². The van der Waals surface area contributed by atoms with Gasteiger partial charge in [-0.25, -0.2) is 0 Å². The Morgan fingerprint density at radius 1 is 1.16 bits per heavy atom. The van der Waals surface area contributed by atoms with Gasteiger partial charge in [0, 0.05) is 37.2 Å². The van der Waals surface area contributed by atoms with Crippen molar-refractivity contribution in [3.05, 3.63) is 64.2 Å². The van der Waals surface area contributed by atoms with Crippen molar-refractivity contribution in [2.45, 2.75) is 58.7 Å². The van der Waals surface area contributed by atoms with Gasteiger partial charge in [-0.05, 0) is 68.1 Å². The van der Waals surface area contributed by atoms with Gasteiger partial charge >= 0.3 is 5.92 Å². The number of fused-ring (bicyclic) bond motifs is 1. The first kappa shape index (κ1) is 27.8. The van der Waals surface area contributed by atoms with Gasteiger partial charge in [0.15, 0.2) is 5.81 Å². The summed E-state index contributed by atoms with van der Waals surface area (Å²) in [6.45, 7) is 5.58. The summed E-state index contributed by atoms with van der Waals surface area (Å²) in [6.07, 6.45) is 0.251. The van der Waals surface area contributed by atoms with E-state index in [1.54, 1.807) is 23.1 Å². The van der Waals surface area contributed by atoms with E-state index in [4.69, 9.17) is 12.6 Å². The molecule has 11 heteroatoms. The van der Waals surface area contributed by atoms with Gasteiger partial charge in [-0.2, -0.15) is 8.78 Å². The molecule has 0 fully saturated rings. The average molecular weight is 511 g/mol. The van der Waals surface area contributed by atoms with Gasteiger partial charge in [-0.3, -0.25) is 19.2 Å². The summed E-state index contributed by atoms with van der Waals surface area (Å²) >= 11 is 0. The lowest BCUT2D eigenvalue weighted by atomic mass is 10.0. The molecule has 0 atom stereocenters. The third-order valence-electron chi connectivity index (χ3n) is 5.79. The van der Waals surface area contributed by atoms with Gasteiger partial charge in [-0.15, -0.1) is 0 Å². The minimum Gasteiger partial charge on any atom is -0.491 e. The van der Waals surface area contributed by atoms with Crippen LogP contribution >= 0.6 is 0 Å². The van der Waals surface area contributed by atoms with Crippen molar-refractivity contribution in [2.24, 2.45) is 0 Å². The van der Waals surface area contributed by atoms with Gasteiger partial charge in [-0.1, -0.05) is 12.1 Å². The van der Waals surface area contributed by atoms with Crippen LogP contribution in [0.3, 0.4) is 0 Å². The molecule has 0 spiro atoms. The molecule has 8 nitrogen and oxygen atoms in total. The van der Waals surface area contributed by atoms with Gasteiger partial charge < -0.3 is 20.3 Å². The molecule has 194 valence electrons. The van der Waals surface area contributed by atoms with Crippen molar-refractivity contribution < 1.29 is 32.7 Å². The molecule has 2 N–H and O–H groups in total. The second-order valence-electron chi connectivity index (χ2n) is 9.13. The number of imide groups is 1. The molecule has 2 aromatic rings. The number of rotatable bonds is 10. The van der Waals surface area contributed by atoms with Crippen molar-refractivity contribution in [1.29, 1.82) is 0 Å². The van der Waals surface area contributed by atoms with E-state index < -0.39 is 29.1 Å². The van der Waals surface area contributed by atoms with Crippen molar-refractivity contribution >= 4 is 31.4 Å². The fourth-order valence-corrected chi connectivity index (χ4v) is 4.10. The van der Waals surface area contributed by atoms with Crippen molar-refractivity contribution in [3.8, 4) is 5.75 Å². The number of hydrogen-bond donors (Lipinski definition) is 2. The number of nitrogens with one attached hydrogen (secondary N) is 2. The van der Waals surface area contributed by atoms with E-state index in [0.29, 0.717) is 35.4 Å². The zero-order chi connectivity index (χ0) is 27.3. The van der Waals surface area contributed by atoms with Gasteiger partial charge in [0.05, 0.1) is 6.10 Å². The third-order valence-corrected chi connectivity index (χ3v) is 5.79. The third kappa shape index (κ3) is 6.93. The molecule has 0 aromatic heterocycles. The van der Waals surface area contributed by atoms with Crippen molar-refractivity contribution in [3.63, 3.8) is 0 Å². The fraction of sp³-hybridized carbons (Fsp3) is 0.385. The number of alkyl halides is 2. The molecule has 1 aliphatic rings. The van der Waals surface area contributed by atoms with Gasteiger partial charge in [0.2, 0.25) is 13.8 Å². The minimum atomic E-state index is -3.75. The zero-order valence-electron chi connectivity index (χ0n) is 20.9. The number of amides is 4. The molecule has 1 aliphatic heterocycles. The van der Waals surface area contributed by atoms with Gasteiger partial charge in [0.25, 0.3) is 11.8 Å². The predicted octanol–water partition coefficient (Wildman–Crippen LogP) is 3.33. The summed E-state index contributed by atoms with van der Waals surface area (Å²) in [5.41, 5.74) is 1.57. The lowest BCUT2D eigenvalue weighted by Crippen LogP contribution is -2.38. The van der Waals surface area contributed by atoms with Crippen molar-refractivity contribution in [1.82, 2.24) is 15.5 Å². The first-order chi connectivity index (χ1) is 17.4. The van der Waals surface area contributed by atoms with Crippen LogP contribution in [0.15, 0.2) is 36.4 Å². The lowest BCUT2D eigenvalue weighted by molar-refractivity contribution is -0.147. The Kier molecular flexibility index (Phi) is 8.67. The Balaban J connectivity index is 1.58. The average Bonchev–Trinajstić information content (AvgIpc) is 3.11. The highest BCUT2D eigenvalue weighted by atomic mass is 19.3. The minimum absolute atomic E-state index is 0.0293. The second kappa shape index (κ2) is 11.5. The maximum atomic E-state index is 14.9. The second-order valence-corrected chi connectivity index (χ2v) is 9.13. The molecule has 37 heavy (non-hydrogen) atoms. The van der Waals surface area contributed by atoms with Crippen LogP contribution in [-0.4, -0.2) is 48.9 Å². The van der Waals surface area contributed by atoms with E-state index in [1.807, 2.05) is 19.2 Å². The normalized spacial score (nSPS) is 12.9. The van der Waals surface area contributed by atoms with Crippen LogP contribution in [0.2, 0.25) is 0 Å². The number of carbonyl (C=O) groups excluding carboxylic acids is 4. The smallest absolute Gasteiger partial charge is 0.350 e. The number of hydrogen-bond acceptors (Lipinski definition) is 5. The predicted molar refractivity (Wildman–Crippen MR) is 132 cm³/mol. The maximum absolute atomic E-state index is 14.9. The van der Waals surface area contributed by atoms with E-state index >= 15 is 0 Å². The molecule has 0 saturated heterocycles. The van der Waals surface area contributed by atoms with Crippen molar-refractivity contribution in [2.75, 3.05) is 6.54 Å². The number of aryl methyl sites for hydroxylation is 1. The number of ether oxygens (including phenoxy) is 1. The summed E-state index contributed by atoms with van der Waals surface area (Å²) in [5, 5.41) is 4.25. The Morgan fingerprint density at radius 2 is 1.89 bits per heavy atom. The summed E-state index contributed by atoms with van der Waals surface area (Å²) in [7, 11) is 4.90. The summed E-state index contributed by atoms with van der Waals surface area (Å²) in [4.78, 5) is 48.8. The monoisotopic (exact) mass is 511 g/mol. The highest BCUT2D eigenvalue weighted by Crippen LogP contribution is 2.33. The molecule has 2 aromatic carbocycles. The first-order valence-corrected chi connectivity index (χ1v) is 11.8. The molecule has 4 amide bonds.